The van der Waals surface area contributed by atoms with Crippen LogP contribution in [0.4, 0.5) is 0 Å². The monoisotopic (exact) mass is 337 g/mol. The molecule has 0 aromatic carbocycles. The van der Waals surface area contributed by atoms with Gasteiger partial charge in [-0.3, -0.25) is 9.58 Å². The van der Waals surface area contributed by atoms with E-state index in [1.54, 1.807) is 0 Å². The van der Waals surface area contributed by atoms with Gasteiger partial charge in [-0.25, -0.2) is 4.98 Å². The molecule has 0 radical (unpaired) electrons. The van der Waals surface area contributed by atoms with Gasteiger partial charge in [-0.1, -0.05) is 19.9 Å². The zero-order valence-electron chi connectivity index (χ0n) is 15.3. The Hall–Kier alpha value is -2.40. The molecule has 0 saturated carbocycles. The number of pyridine rings is 1. The van der Waals surface area contributed by atoms with Crippen molar-refractivity contribution >= 4 is 0 Å². The van der Waals surface area contributed by atoms with Gasteiger partial charge < -0.3 is 4.57 Å². The molecule has 0 atom stereocenters. The third-order valence-corrected chi connectivity index (χ3v) is 4.16. The van der Waals surface area contributed by atoms with Gasteiger partial charge >= 0.3 is 0 Å². The standard InChI is InChI=1S/C20H27N5/c1-4-24-15-18(12-22-24)14-23(13-17(2)3)16-19-8-7-11-25(19)20-9-5-6-10-21-20/h5-12,15,17H,4,13-14,16H2,1-3H3. The minimum absolute atomic E-state index is 0.611. The van der Waals surface area contributed by atoms with Crippen LogP contribution in [0.2, 0.25) is 0 Å². The quantitative estimate of drug-likeness (QED) is 0.628. The van der Waals surface area contributed by atoms with Crippen LogP contribution in [0.5, 0.6) is 0 Å². The molecule has 3 aromatic rings. The van der Waals surface area contributed by atoms with Crippen LogP contribution >= 0.6 is 0 Å². The first-order valence-electron chi connectivity index (χ1n) is 8.97. The second-order valence-corrected chi connectivity index (χ2v) is 6.83. The van der Waals surface area contributed by atoms with E-state index < -0.39 is 0 Å². The predicted octanol–water partition coefficient (Wildman–Crippen LogP) is 3.75. The van der Waals surface area contributed by atoms with Gasteiger partial charge in [-0.05, 0) is 37.1 Å². The van der Waals surface area contributed by atoms with Crippen molar-refractivity contribution in [1.82, 2.24) is 24.2 Å². The van der Waals surface area contributed by atoms with Crippen LogP contribution in [0, 0.1) is 5.92 Å². The molecule has 0 fully saturated rings. The molecule has 0 saturated heterocycles. The molecule has 0 aliphatic rings. The van der Waals surface area contributed by atoms with Gasteiger partial charge in [-0.15, -0.1) is 0 Å². The second kappa shape index (κ2) is 8.12. The zero-order chi connectivity index (χ0) is 17.6. The van der Waals surface area contributed by atoms with E-state index >= 15 is 0 Å². The van der Waals surface area contributed by atoms with Crippen molar-refractivity contribution in [3.63, 3.8) is 0 Å². The van der Waals surface area contributed by atoms with Crippen molar-refractivity contribution in [3.05, 3.63) is 66.4 Å². The summed E-state index contributed by atoms with van der Waals surface area (Å²) in [6.07, 6.45) is 8.05. The highest BCUT2D eigenvalue weighted by atomic mass is 15.3. The smallest absolute Gasteiger partial charge is 0.136 e. The molecule has 5 heteroatoms. The van der Waals surface area contributed by atoms with E-state index in [1.807, 2.05) is 35.3 Å². The summed E-state index contributed by atoms with van der Waals surface area (Å²) in [7, 11) is 0. The zero-order valence-corrected chi connectivity index (χ0v) is 15.3. The fourth-order valence-electron chi connectivity index (χ4n) is 3.11. The highest BCUT2D eigenvalue weighted by Crippen LogP contribution is 2.15. The molecule has 0 N–H and O–H groups in total. The normalized spacial score (nSPS) is 11.6. The van der Waals surface area contributed by atoms with Gasteiger partial charge in [-0.2, -0.15) is 5.10 Å². The van der Waals surface area contributed by atoms with Crippen LogP contribution < -0.4 is 0 Å². The molecular formula is C20H27N5. The van der Waals surface area contributed by atoms with Gasteiger partial charge in [0.2, 0.25) is 0 Å². The van der Waals surface area contributed by atoms with E-state index in [-0.39, 0.29) is 0 Å². The average molecular weight is 337 g/mol. The minimum atomic E-state index is 0.611. The molecule has 25 heavy (non-hydrogen) atoms. The Morgan fingerprint density at radius 1 is 1.12 bits per heavy atom. The summed E-state index contributed by atoms with van der Waals surface area (Å²) in [4.78, 5) is 6.96. The maximum atomic E-state index is 4.48. The lowest BCUT2D eigenvalue weighted by atomic mass is 10.2. The lowest BCUT2D eigenvalue weighted by Crippen LogP contribution is -2.27. The molecule has 3 heterocycles. The van der Waals surface area contributed by atoms with E-state index in [9.17, 15) is 0 Å². The van der Waals surface area contributed by atoms with E-state index in [1.165, 1.54) is 11.3 Å². The summed E-state index contributed by atoms with van der Waals surface area (Å²) < 4.78 is 4.16. The molecule has 0 bridgehead atoms. The van der Waals surface area contributed by atoms with Gasteiger partial charge in [0, 0.05) is 56.0 Å². The van der Waals surface area contributed by atoms with E-state index in [2.05, 4.69) is 64.8 Å². The molecule has 0 amide bonds. The summed E-state index contributed by atoms with van der Waals surface area (Å²) in [6.45, 7) is 10.4. The van der Waals surface area contributed by atoms with E-state index in [0.717, 1.165) is 32.0 Å². The molecule has 5 nitrogen and oxygen atoms in total. The lowest BCUT2D eigenvalue weighted by molar-refractivity contribution is 0.224. The topological polar surface area (TPSA) is 38.9 Å². The Balaban J connectivity index is 1.78. The van der Waals surface area contributed by atoms with Crippen molar-refractivity contribution in [2.75, 3.05) is 6.54 Å². The largest absolute Gasteiger partial charge is 0.304 e. The fourth-order valence-corrected chi connectivity index (χ4v) is 3.11. The molecule has 0 spiro atoms. The van der Waals surface area contributed by atoms with Gasteiger partial charge in [0.15, 0.2) is 0 Å². The maximum absolute atomic E-state index is 4.48. The van der Waals surface area contributed by atoms with E-state index in [0.29, 0.717) is 5.92 Å². The summed E-state index contributed by atoms with van der Waals surface area (Å²) in [5.41, 5.74) is 2.51. The number of hydrogen-bond donors (Lipinski definition) is 0. The van der Waals surface area contributed by atoms with Gasteiger partial charge in [0.1, 0.15) is 5.82 Å². The molecular weight excluding hydrogens is 310 g/mol. The molecule has 0 unspecified atom stereocenters. The average Bonchev–Trinajstić information content (AvgIpc) is 3.24. The number of hydrogen-bond acceptors (Lipinski definition) is 3. The van der Waals surface area contributed by atoms with Crippen LogP contribution in [-0.4, -0.2) is 30.8 Å². The van der Waals surface area contributed by atoms with Crippen LogP contribution in [-0.2, 0) is 19.6 Å². The van der Waals surface area contributed by atoms with E-state index in [4.69, 9.17) is 0 Å². The number of nitrogens with zero attached hydrogens (tertiary/aromatic N) is 5. The summed E-state index contributed by atoms with van der Waals surface area (Å²) in [6, 6.07) is 10.3. The van der Waals surface area contributed by atoms with Gasteiger partial charge in [0.05, 0.1) is 6.20 Å². The van der Waals surface area contributed by atoms with Crippen LogP contribution in [0.1, 0.15) is 32.0 Å². The van der Waals surface area contributed by atoms with Crippen LogP contribution in [0.3, 0.4) is 0 Å². The highest BCUT2D eigenvalue weighted by Gasteiger charge is 2.13. The Labute approximate surface area is 149 Å². The number of aromatic nitrogens is 4. The van der Waals surface area contributed by atoms with Crippen molar-refractivity contribution < 1.29 is 0 Å². The van der Waals surface area contributed by atoms with Crippen LogP contribution in [0.15, 0.2) is 55.1 Å². The molecule has 3 aromatic heterocycles. The third-order valence-electron chi connectivity index (χ3n) is 4.16. The number of aryl methyl sites for hydroxylation is 1. The Morgan fingerprint density at radius 2 is 2.00 bits per heavy atom. The summed E-state index contributed by atoms with van der Waals surface area (Å²) >= 11 is 0. The first kappa shape index (κ1) is 17.4. The molecule has 0 aliphatic heterocycles. The first-order valence-corrected chi connectivity index (χ1v) is 8.97. The van der Waals surface area contributed by atoms with Crippen molar-refractivity contribution in [1.29, 1.82) is 0 Å². The van der Waals surface area contributed by atoms with Crippen molar-refractivity contribution in [2.45, 2.75) is 40.4 Å². The summed E-state index contributed by atoms with van der Waals surface area (Å²) in [5.74, 6) is 1.57. The lowest BCUT2D eigenvalue weighted by Gasteiger charge is -2.24. The fraction of sp³-hybridized carbons (Fsp3) is 0.400. The Bertz CT molecular complexity index is 772. The molecule has 132 valence electrons. The van der Waals surface area contributed by atoms with Crippen molar-refractivity contribution in [2.24, 2.45) is 5.92 Å². The molecule has 0 aliphatic carbocycles. The molecule has 3 rings (SSSR count). The maximum Gasteiger partial charge on any atom is 0.136 e. The van der Waals surface area contributed by atoms with Crippen LogP contribution in [0.25, 0.3) is 5.82 Å². The first-order chi connectivity index (χ1) is 12.2. The Kier molecular flexibility index (Phi) is 5.66. The number of rotatable bonds is 8. The highest BCUT2D eigenvalue weighted by molar-refractivity contribution is 5.27. The predicted molar refractivity (Wildman–Crippen MR) is 100 cm³/mol. The summed E-state index contributed by atoms with van der Waals surface area (Å²) in [5, 5.41) is 4.40. The SMILES string of the molecule is CCn1cc(CN(Cc2cccn2-c2ccccn2)CC(C)C)cn1. The van der Waals surface area contributed by atoms with Crippen molar-refractivity contribution in [3.8, 4) is 5.82 Å². The Morgan fingerprint density at radius 3 is 2.68 bits per heavy atom. The second-order valence-electron chi connectivity index (χ2n) is 6.83. The minimum Gasteiger partial charge on any atom is -0.304 e. The van der Waals surface area contributed by atoms with Gasteiger partial charge in [0.25, 0.3) is 0 Å². The third kappa shape index (κ3) is 4.57.